The lowest BCUT2D eigenvalue weighted by Gasteiger charge is -2.19. The van der Waals surface area contributed by atoms with Gasteiger partial charge in [0.2, 0.25) is 0 Å². The molecule has 0 saturated carbocycles. The van der Waals surface area contributed by atoms with E-state index in [9.17, 15) is 10.5 Å². The fraction of sp³-hybridized carbons (Fsp3) is 0. The third-order valence-electron chi connectivity index (χ3n) is 9.63. The van der Waals surface area contributed by atoms with Crippen LogP contribution in [0.5, 0.6) is 0 Å². The summed E-state index contributed by atoms with van der Waals surface area (Å²) in [5, 5.41) is 24.2. The minimum atomic E-state index is 0.534. The van der Waals surface area contributed by atoms with Crippen molar-refractivity contribution in [1.82, 2.24) is 9.13 Å². The third-order valence-corrected chi connectivity index (χ3v) is 9.63. The molecule has 0 amide bonds. The van der Waals surface area contributed by atoms with Crippen LogP contribution in [0.15, 0.2) is 152 Å². The van der Waals surface area contributed by atoms with Crippen molar-refractivity contribution in [2.45, 2.75) is 0 Å². The fourth-order valence-electron chi connectivity index (χ4n) is 7.51. The Hall–Kier alpha value is -7.39. The Morgan fingerprint density at radius 1 is 0.520 bits per heavy atom. The molecule has 0 spiro atoms. The van der Waals surface area contributed by atoms with Crippen molar-refractivity contribution in [1.29, 1.82) is 10.5 Å². The first-order valence-corrected chi connectivity index (χ1v) is 16.3. The Bertz CT molecular complexity index is 2900. The summed E-state index contributed by atoms with van der Waals surface area (Å²) < 4.78 is 4.41. The van der Waals surface area contributed by atoms with Gasteiger partial charge in [-0.15, -0.1) is 0 Å². The van der Waals surface area contributed by atoms with Gasteiger partial charge in [0.25, 0.3) is 0 Å². The second-order valence-electron chi connectivity index (χ2n) is 12.2. The molecule has 0 saturated heterocycles. The molecule has 0 bridgehead atoms. The SMILES string of the molecule is [C-]#[N+]c1cccc(-c2ccc(-n3c4ccccc4c4ccccc43)cc2)c1-c1ccccc1-n1c2ccc(C#N)cc2c2cccc(C#N)c21. The van der Waals surface area contributed by atoms with Crippen LogP contribution in [0.2, 0.25) is 0 Å². The summed E-state index contributed by atoms with van der Waals surface area (Å²) in [4.78, 5) is 4.01. The number of benzene rings is 7. The molecule has 230 valence electrons. The number of para-hydroxylation sites is 4. The van der Waals surface area contributed by atoms with Gasteiger partial charge in [0.1, 0.15) is 6.07 Å². The smallest absolute Gasteiger partial charge is 0.195 e. The van der Waals surface area contributed by atoms with Crippen LogP contribution >= 0.6 is 0 Å². The second kappa shape index (κ2) is 11.4. The number of nitriles is 2. The largest absolute Gasteiger partial charge is 0.309 e. The molecule has 0 aliphatic rings. The topological polar surface area (TPSA) is 61.8 Å². The highest BCUT2D eigenvalue weighted by molar-refractivity contribution is 6.12. The molecule has 0 unspecified atom stereocenters. The van der Waals surface area contributed by atoms with E-state index in [0.717, 1.165) is 66.5 Å². The summed E-state index contributed by atoms with van der Waals surface area (Å²) in [6.45, 7) is 8.23. The molecule has 0 atom stereocenters. The van der Waals surface area contributed by atoms with Gasteiger partial charge in [-0.1, -0.05) is 97.1 Å². The van der Waals surface area contributed by atoms with Crippen molar-refractivity contribution in [2.24, 2.45) is 0 Å². The van der Waals surface area contributed by atoms with Gasteiger partial charge in [-0.2, -0.15) is 10.5 Å². The van der Waals surface area contributed by atoms with Crippen molar-refractivity contribution < 1.29 is 0 Å². The van der Waals surface area contributed by atoms with Crippen molar-refractivity contribution in [3.63, 3.8) is 0 Å². The lowest BCUT2D eigenvalue weighted by molar-refractivity contribution is 1.18. The first-order chi connectivity index (χ1) is 24.7. The average molecular weight is 636 g/mol. The molecule has 0 radical (unpaired) electrons. The zero-order valence-corrected chi connectivity index (χ0v) is 26.7. The number of fused-ring (bicyclic) bond motifs is 6. The molecule has 0 aliphatic carbocycles. The molecule has 9 aromatic rings. The van der Waals surface area contributed by atoms with Crippen molar-refractivity contribution in [3.8, 4) is 45.8 Å². The van der Waals surface area contributed by atoms with Crippen LogP contribution in [0.3, 0.4) is 0 Å². The molecule has 5 heteroatoms. The van der Waals surface area contributed by atoms with Crippen LogP contribution in [0, 0.1) is 29.2 Å². The van der Waals surface area contributed by atoms with Gasteiger partial charge in [-0.3, -0.25) is 0 Å². The summed E-state index contributed by atoms with van der Waals surface area (Å²) >= 11 is 0. The number of hydrogen-bond acceptors (Lipinski definition) is 2. The number of hydrogen-bond donors (Lipinski definition) is 0. The first kappa shape index (κ1) is 28.8. The minimum Gasteiger partial charge on any atom is -0.309 e. The van der Waals surface area contributed by atoms with Gasteiger partial charge in [0.05, 0.1) is 51.5 Å². The second-order valence-corrected chi connectivity index (χ2v) is 12.2. The Morgan fingerprint density at radius 2 is 1.16 bits per heavy atom. The van der Waals surface area contributed by atoms with Gasteiger partial charge in [-0.25, -0.2) is 4.85 Å². The van der Waals surface area contributed by atoms with Crippen molar-refractivity contribution in [2.75, 3.05) is 0 Å². The normalized spacial score (nSPS) is 11.1. The molecule has 5 nitrogen and oxygen atoms in total. The molecule has 2 heterocycles. The summed E-state index contributed by atoms with van der Waals surface area (Å²) in [7, 11) is 0. The monoisotopic (exact) mass is 635 g/mol. The van der Waals surface area contributed by atoms with Gasteiger partial charge < -0.3 is 9.13 Å². The van der Waals surface area contributed by atoms with E-state index >= 15 is 0 Å². The zero-order valence-electron chi connectivity index (χ0n) is 26.7. The zero-order chi connectivity index (χ0) is 33.8. The van der Waals surface area contributed by atoms with E-state index in [4.69, 9.17) is 6.57 Å². The molecule has 0 fully saturated rings. The van der Waals surface area contributed by atoms with Crippen LogP contribution in [-0.2, 0) is 0 Å². The number of nitrogens with zero attached hydrogens (tertiary/aromatic N) is 5. The van der Waals surface area contributed by atoms with Crippen LogP contribution in [0.4, 0.5) is 5.69 Å². The average Bonchev–Trinajstić information content (AvgIpc) is 3.70. The molecule has 9 rings (SSSR count). The third kappa shape index (κ3) is 4.24. The maximum atomic E-state index is 10.2. The quantitative estimate of drug-likeness (QED) is 0.181. The molecular weight excluding hydrogens is 611 g/mol. The molecule has 0 N–H and O–H groups in total. The van der Waals surface area contributed by atoms with Crippen molar-refractivity contribution in [3.05, 3.63) is 174 Å². The van der Waals surface area contributed by atoms with E-state index in [1.807, 2.05) is 72.8 Å². The van der Waals surface area contributed by atoms with Gasteiger partial charge >= 0.3 is 0 Å². The fourth-order valence-corrected chi connectivity index (χ4v) is 7.51. The Morgan fingerprint density at radius 3 is 1.88 bits per heavy atom. The highest BCUT2D eigenvalue weighted by Gasteiger charge is 2.22. The van der Waals surface area contributed by atoms with Crippen molar-refractivity contribution >= 4 is 49.3 Å². The predicted octanol–water partition coefficient (Wildman–Crippen LogP) is 11.5. The summed E-state index contributed by atoms with van der Waals surface area (Å²) in [5.74, 6) is 0. The number of rotatable bonds is 4. The van der Waals surface area contributed by atoms with Gasteiger partial charge in [0, 0.05) is 27.2 Å². The Kier molecular flexibility index (Phi) is 6.56. The highest BCUT2D eigenvalue weighted by Crippen LogP contribution is 2.45. The summed E-state index contributed by atoms with van der Waals surface area (Å²) in [6.07, 6.45) is 0. The van der Waals surface area contributed by atoms with E-state index in [0.29, 0.717) is 16.8 Å². The standard InChI is InChI=1S/C45H25N5/c1-48-39-16-9-14-33(30-21-23-32(24-22-30)49-40-17-5-2-11-34(40)35-12-3-6-18-41(35)49)44(39)37-13-4-7-19-42(37)50-43-25-20-29(27-46)26-38(43)36-15-8-10-31(28-47)45(36)50/h2-26H. The maximum absolute atomic E-state index is 10.2. The van der Waals surface area contributed by atoms with Gasteiger partial charge in [0.15, 0.2) is 5.69 Å². The summed E-state index contributed by atoms with van der Waals surface area (Å²) in [5.41, 5.74) is 11.1. The van der Waals surface area contributed by atoms with Gasteiger partial charge in [-0.05, 0) is 76.9 Å². The Balaban J connectivity index is 1.27. The molecule has 7 aromatic carbocycles. The van der Waals surface area contributed by atoms with E-state index in [2.05, 4.69) is 105 Å². The minimum absolute atomic E-state index is 0.534. The van der Waals surface area contributed by atoms with Crippen LogP contribution in [0.1, 0.15) is 11.1 Å². The van der Waals surface area contributed by atoms with Crippen LogP contribution in [-0.4, -0.2) is 9.13 Å². The van der Waals surface area contributed by atoms with E-state index in [1.165, 1.54) is 10.8 Å². The summed E-state index contributed by atoms with van der Waals surface area (Å²) in [6, 6.07) is 55.4. The predicted molar refractivity (Wildman–Crippen MR) is 202 cm³/mol. The highest BCUT2D eigenvalue weighted by atomic mass is 15.0. The van der Waals surface area contributed by atoms with E-state index in [-0.39, 0.29) is 0 Å². The Labute approximate surface area is 288 Å². The lowest BCUT2D eigenvalue weighted by atomic mass is 9.91. The molecule has 2 aromatic heterocycles. The molecular formula is C45H25N5. The molecule has 50 heavy (non-hydrogen) atoms. The molecule has 0 aliphatic heterocycles. The van der Waals surface area contributed by atoms with Crippen LogP contribution < -0.4 is 0 Å². The maximum Gasteiger partial charge on any atom is 0.195 e. The van der Waals surface area contributed by atoms with E-state index in [1.54, 1.807) is 0 Å². The van der Waals surface area contributed by atoms with E-state index < -0.39 is 0 Å². The van der Waals surface area contributed by atoms with Crippen LogP contribution in [0.25, 0.3) is 82.1 Å². The first-order valence-electron chi connectivity index (χ1n) is 16.3. The number of aromatic nitrogens is 2. The lowest BCUT2D eigenvalue weighted by Crippen LogP contribution is -1.99.